The van der Waals surface area contributed by atoms with Gasteiger partial charge in [0.25, 0.3) is 6.43 Å². The molecule has 0 aliphatic heterocycles. The average molecular weight is 203 g/mol. The molecule has 2 fully saturated rings. The molecule has 2 aliphatic rings. The van der Waals surface area contributed by atoms with Crippen LogP contribution in [0.5, 0.6) is 0 Å². The second kappa shape index (κ2) is 4.56. The van der Waals surface area contributed by atoms with Crippen LogP contribution in [-0.2, 0) is 0 Å². The largest absolute Gasteiger partial charge is 0.311 e. The number of nitrogens with one attached hydrogen (secondary N) is 1. The molecule has 3 atom stereocenters. The quantitative estimate of drug-likeness (QED) is 0.677. The zero-order valence-corrected chi connectivity index (χ0v) is 8.52. The maximum absolute atomic E-state index is 11.8. The van der Waals surface area contributed by atoms with Crippen LogP contribution in [0.15, 0.2) is 0 Å². The van der Waals surface area contributed by atoms with Gasteiger partial charge in [-0.2, -0.15) is 0 Å². The van der Waals surface area contributed by atoms with Gasteiger partial charge in [0.2, 0.25) is 0 Å². The molecule has 2 aliphatic carbocycles. The Bertz CT molecular complexity index is 184. The SMILES string of the molecule is FC(F)CNCCC1CC2CCC1C2. The molecule has 0 aromatic rings. The lowest BCUT2D eigenvalue weighted by Crippen LogP contribution is -2.25. The van der Waals surface area contributed by atoms with Gasteiger partial charge in [0.1, 0.15) is 0 Å². The van der Waals surface area contributed by atoms with Gasteiger partial charge in [-0.1, -0.05) is 6.42 Å². The standard InChI is InChI=1S/C11H19F2N/c12-11(13)7-14-4-3-10-6-8-1-2-9(10)5-8/h8-11,14H,1-7H2. The van der Waals surface area contributed by atoms with Gasteiger partial charge >= 0.3 is 0 Å². The molecule has 0 saturated heterocycles. The van der Waals surface area contributed by atoms with Gasteiger partial charge in [0.15, 0.2) is 0 Å². The Hall–Kier alpha value is -0.180. The van der Waals surface area contributed by atoms with Gasteiger partial charge in [-0.15, -0.1) is 0 Å². The summed E-state index contributed by atoms with van der Waals surface area (Å²) in [6, 6.07) is 0. The predicted octanol–water partition coefficient (Wildman–Crippen LogP) is 2.67. The van der Waals surface area contributed by atoms with E-state index in [1.165, 1.54) is 25.7 Å². The molecule has 1 nitrogen and oxygen atoms in total. The fourth-order valence-electron chi connectivity index (χ4n) is 3.23. The van der Waals surface area contributed by atoms with E-state index in [2.05, 4.69) is 5.32 Å². The van der Waals surface area contributed by atoms with Crippen molar-refractivity contribution in [3.05, 3.63) is 0 Å². The second-order valence-corrected chi connectivity index (χ2v) is 4.82. The van der Waals surface area contributed by atoms with Crippen molar-refractivity contribution in [1.82, 2.24) is 5.32 Å². The minimum atomic E-state index is -2.20. The average Bonchev–Trinajstić information content (AvgIpc) is 2.73. The molecule has 0 amide bonds. The molecule has 14 heavy (non-hydrogen) atoms. The van der Waals surface area contributed by atoms with Gasteiger partial charge in [0.05, 0.1) is 6.54 Å². The third-order valence-corrected chi connectivity index (χ3v) is 3.88. The molecule has 2 rings (SSSR count). The van der Waals surface area contributed by atoms with Gasteiger partial charge in [-0.05, 0) is 50.0 Å². The van der Waals surface area contributed by atoms with Crippen molar-refractivity contribution in [2.45, 2.75) is 38.5 Å². The minimum absolute atomic E-state index is 0.138. The molecule has 0 heterocycles. The predicted molar refractivity (Wildman–Crippen MR) is 52.4 cm³/mol. The van der Waals surface area contributed by atoms with Crippen LogP contribution in [0.1, 0.15) is 32.1 Å². The summed E-state index contributed by atoms with van der Waals surface area (Å²) < 4.78 is 23.6. The summed E-state index contributed by atoms with van der Waals surface area (Å²) in [5, 5.41) is 2.82. The maximum atomic E-state index is 11.8. The van der Waals surface area contributed by atoms with E-state index in [9.17, 15) is 8.78 Å². The topological polar surface area (TPSA) is 12.0 Å². The van der Waals surface area contributed by atoms with Crippen LogP contribution >= 0.6 is 0 Å². The Morgan fingerprint density at radius 3 is 2.64 bits per heavy atom. The molecule has 2 saturated carbocycles. The molecule has 3 heteroatoms. The van der Waals surface area contributed by atoms with Crippen LogP contribution in [0, 0.1) is 17.8 Å². The van der Waals surface area contributed by atoms with Crippen LogP contribution in [0.3, 0.4) is 0 Å². The number of hydrogen-bond donors (Lipinski definition) is 1. The molecule has 0 aromatic carbocycles. The first-order valence-electron chi connectivity index (χ1n) is 5.74. The first-order valence-corrected chi connectivity index (χ1v) is 5.74. The Kier molecular flexibility index (Phi) is 3.37. The molecule has 1 N–H and O–H groups in total. The van der Waals surface area contributed by atoms with E-state index in [1.54, 1.807) is 0 Å². The van der Waals surface area contributed by atoms with Crippen molar-refractivity contribution < 1.29 is 8.78 Å². The van der Waals surface area contributed by atoms with Crippen LogP contribution in [0.2, 0.25) is 0 Å². The zero-order valence-electron chi connectivity index (χ0n) is 8.52. The molecule has 82 valence electrons. The van der Waals surface area contributed by atoms with Crippen molar-refractivity contribution >= 4 is 0 Å². The van der Waals surface area contributed by atoms with Crippen LogP contribution in [-0.4, -0.2) is 19.5 Å². The number of halogens is 2. The van der Waals surface area contributed by atoms with E-state index < -0.39 is 6.43 Å². The Labute approximate surface area is 84.3 Å². The first kappa shape index (κ1) is 10.3. The van der Waals surface area contributed by atoms with Crippen molar-refractivity contribution in [2.24, 2.45) is 17.8 Å². The van der Waals surface area contributed by atoms with Crippen molar-refractivity contribution in [2.75, 3.05) is 13.1 Å². The van der Waals surface area contributed by atoms with Gasteiger partial charge in [0, 0.05) is 0 Å². The highest BCUT2D eigenvalue weighted by atomic mass is 19.3. The number of hydrogen-bond acceptors (Lipinski definition) is 1. The van der Waals surface area contributed by atoms with Crippen LogP contribution in [0.4, 0.5) is 8.78 Å². The highest BCUT2D eigenvalue weighted by Gasteiger charge is 2.38. The smallest absolute Gasteiger partial charge is 0.250 e. The van der Waals surface area contributed by atoms with Crippen molar-refractivity contribution in [3.63, 3.8) is 0 Å². The number of rotatable bonds is 5. The maximum Gasteiger partial charge on any atom is 0.250 e. The molecule has 2 bridgehead atoms. The van der Waals surface area contributed by atoms with E-state index in [0.717, 1.165) is 30.7 Å². The number of alkyl halides is 2. The summed E-state index contributed by atoms with van der Waals surface area (Å²) in [5.74, 6) is 2.73. The van der Waals surface area contributed by atoms with Crippen molar-refractivity contribution in [3.8, 4) is 0 Å². The summed E-state index contributed by atoms with van der Waals surface area (Å²) in [6.07, 6.45) is 4.50. The Morgan fingerprint density at radius 2 is 2.07 bits per heavy atom. The molecule has 0 spiro atoms. The van der Waals surface area contributed by atoms with Crippen LogP contribution < -0.4 is 5.32 Å². The lowest BCUT2D eigenvalue weighted by molar-refractivity contribution is 0.144. The van der Waals surface area contributed by atoms with E-state index in [-0.39, 0.29) is 6.54 Å². The molecule has 0 radical (unpaired) electrons. The Balaban J connectivity index is 1.58. The summed E-state index contributed by atoms with van der Waals surface area (Å²) in [6.45, 7) is 0.638. The van der Waals surface area contributed by atoms with Crippen molar-refractivity contribution in [1.29, 1.82) is 0 Å². The summed E-state index contributed by atoms with van der Waals surface area (Å²) in [4.78, 5) is 0. The van der Waals surface area contributed by atoms with Gasteiger partial charge < -0.3 is 5.32 Å². The molecular formula is C11H19F2N. The third-order valence-electron chi connectivity index (χ3n) is 3.88. The van der Waals surface area contributed by atoms with E-state index >= 15 is 0 Å². The van der Waals surface area contributed by atoms with Crippen LogP contribution in [0.25, 0.3) is 0 Å². The van der Waals surface area contributed by atoms with E-state index in [1.807, 2.05) is 0 Å². The van der Waals surface area contributed by atoms with Gasteiger partial charge in [-0.3, -0.25) is 0 Å². The molecular weight excluding hydrogens is 184 g/mol. The fraction of sp³-hybridized carbons (Fsp3) is 1.00. The summed E-state index contributed by atoms with van der Waals surface area (Å²) >= 11 is 0. The van der Waals surface area contributed by atoms with Gasteiger partial charge in [-0.25, -0.2) is 8.78 Å². The third kappa shape index (κ3) is 2.44. The lowest BCUT2D eigenvalue weighted by atomic mass is 9.86. The summed E-state index contributed by atoms with van der Waals surface area (Å²) in [7, 11) is 0. The van der Waals surface area contributed by atoms with E-state index in [4.69, 9.17) is 0 Å². The monoisotopic (exact) mass is 203 g/mol. The highest BCUT2D eigenvalue weighted by molar-refractivity contribution is 4.89. The van der Waals surface area contributed by atoms with E-state index in [0.29, 0.717) is 0 Å². The normalized spacial score (nSPS) is 35.8. The summed E-state index contributed by atoms with van der Waals surface area (Å²) in [5.41, 5.74) is 0. The zero-order chi connectivity index (χ0) is 9.97. The second-order valence-electron chi connectivity index (χ2n) is 4.82. The molecule has 0 aromatic heterocycles. The highest BCUT2D eigenvalue weighted by Crippen LogP contribution is 2.49. The Morgan fingerprint density at radius 1 is 1.21 bits per heavy atom. The number of fused-ring (bicyclic) bond motifs is 2. The first-order chi connectivity index (χ1) is 6.75. The minimum Gasteiger partial charge on any atom is -0.311 e. The molecule has 3 unspecified atom stereocenters. The fourth-order valence-corrected chi connectivity index (χ4v) is 3.23. The lowest BCUT2D eigenvalue weighted by Gasteiger charge is -2.21.